The van der Waals surface area contributed by atoms with E-state index in [4.69, 9.17) is 28.4 Å². The first-order chi connectivity index (χ1) is 33.6. The van der Waals surface area contributed by atoms with Gasteiger partial charge in [-0.3, -0.25) is 4.79 Å². The summed E-state index contributed by atoms with van der Waals surface area (Å²) in [6, 6.07) is 0. The third kappa shape index (κ3) is 29.3. The Bertz CT molecular complexity index is 1460. The minimum atomic E-state index is -1.72. The first kappa shape index (κ1) is 62.3. The fourth-order valence-corrected chi connectivity index (χ4v) is 7.64. The highest BCUT2D eigenvalue weighted by Crippen LogP contribution is 2.26. The largest absolute Gasteiger partial charge is 0.457 e. The Kier molecular flexibility index (Phi) is 37.7. The van der Waals surface area contributed by atoms with Crippen molar-refractivity contribution in [2.45, 2.75) is 223 Å². The summed E-state index contributed by atoms with van der Waals surface area (Å²) in [5, 5.41) is 72.1. The molecule has 0 aliphatic carbocycles. The minimum absolute atomic E-state index is 0.0402. The van der Waals surface area contributed by atoms with Gasteiger partial charge >= 0.3 is 5.97 Å². The lowest BCUT2D eigenvalue weighted by molar-refractivity contribution is -0.332. The summed E-state index contributed by atoms with van der Waals surface area (Å²) in [5.41, 5.74) is 0. The minimum Gasteiger partial charge on any atom is -0.457 e. The molecule has 0 radical (unpaired) electrons. The summed E-state index contributed by atoms with van der Waals surface area (Å²) in [7, 11) is 0. The van der Waals surface area contributed by atoms with Crippen LogP contribution in [0.3, 0.4) is 0 Å². The molecule has 2 fully saturated rings. The van der Waals surface area contributed by atoms with Crippen LogP contribution in [0.15, 0.2) is 85.1 Å². The van der Waals surface area contributed by atoms with E-state index in [2.05, 4.69) is 98.9 Å². The predicted molar refractivity (Wildman–Crippen MR) is 270 cm³/mol. The summed E-state index contributed by atoms with van der Waals surface area (Å²) in [6.07, 6.45) is 36.4. The second kappa shape index (κ2) is 41.8. The number of hydrogen-bond donors (Lipinski definition) is 7. The summed E-state index contributed by atoms with van der Waals surface area (Å²) < 4.78 is 34.2. The van der Waals surface area contributed by atoms with Crippen LogP contribution >= 0.6 is 0 Å². The van der Waals surface area contributed by atoms with Crippen molar-refractivity contribution >= 4 is 5.97 Å². The van der Waals surface area contributed by atoms with Crippen molar-refractivity contribution in [3.63, 3.8) is 0 Å². The first-order valence-electron chi connectivity index (χ1n) is 26.2. The van der Waals surface area contributed by atoms with Crippen LogP contribution in [0, 0.1) is 0 Å². The van der Waals surface area contributed by atoms with Crippen molar-refractivity contribution in [3.05, 3.63) is 85.1 Å². The van der Waals surface area contributed by atoms with Crippen molar-refractivity contribution in [1.82, 2.24) is 0 Å². The molecule has 0 amide bonds. The van der Waals surface area contributed by atoms with Gasteiger partial charge in [-0.05, 0) is 83.5 Å². The van der Waals surface area contributed by atoms with E-state index < -0.39 is 86.7 Å². The van der Waals surface area contributed by atoms with Gasteiger partial charge < -0.3 is 64.2 Å². The monoisotopic (exact) mass is 977 g/mol. The molecule has 0 aromatic rings. The van der Waals surface area contributed by atoms with E-state index in [1.807, 2.05) is 0 Å². The maximum atomic E-state index is 13.0. The van der Waals surface area contributed by atoms with Gasteiger partial charge in [0.25, 0.3) is 0 Å². The van der Waals surface area contributed by atoms with E-state index in [-0.39, 0.29) is 19.6 Å². The van der Waals surface area contributed by atoms with Crippen LogP contribution < -0.4 is 0 Å². The van der Waals surface area contributed by atoms with E-state index in [1.165, 1.54) is 6.42 Å². The molecular weight excluding hydrogens is 885 g/mol. The lowest BCUT2D eigenvalue weighted by Gasteiger charge is -2.42. The van der Waals surface area contributed by atoms with Crippen LogP contribution in [-0.2, 0) is 33.2 Å². The molecule has 69 heavy (non-hydrogen) atoms. The highest BCUT2D eigenvalue weighted by Gasteiger charge is 2.47. The number of ether oxygens (including phenoxy) is 6. The predicted octanol–water partition coefficient (Wildman–Crippen LogP) is 8.07. The van der Waals surface area contributed by atoms with E-state index >= 15 is 0 Å². The second-order valence-electron chi connectivity index (χ2n) is 18.0. The molecule has 11 atom stereocenters. The number of carbonyl (C=O) groups is 1. The number of hydrogen-bond acceptors (Lipinski definition) is 14. The number of carbonyl (C=O) groups excluding carboxylic acids is 1. The van der Waals surface area contributed by atoms with Gasteiger partial charge in [-0.1, -0.05) is 150 Å². The van der Waals surface area contributed by atoms with E-state index in [0.29, 0.717) is 13.0 Å². The second-order valence-corrected chi connectivity index (χ2v) is 18.0. The number of allylic oxidation sites excluding steroid dienone is 14. The molecule has 2 saturated heterocycles. The number of rotatable bonds is 40. The molecule has 11 unspecified atom stereocenters. The molecule has 14 nitrogen and oxygen atoms in total. The summed E-state index contributed by atoms with van der Waals surface area (Å²) in [4.78, 5) is 13.0. The Hall–Kier alpha value is -2.83. The van der Waals surface area contributed by atoms with Gasteiger partial charge in [0.1, 0.15) is 54.9 Å². The highest BCUT2D eigenvalue weighted by molar-refractivity contribution is 5.69. The molecule has 2 rings (SSSR count). The highest BCUT2D eigenvalue weighted by atomic mass is 16.7. The standard InChI is InChI=1S/C55H92O14/c1-3-5-7-9-11-13-15-17-18-19-20-21-22-23-24-25-27-29-31-33-35-37-39-64-41-44(67-47(57)38-36-34-32-30-28-26-16-14-12-10-8-6-4-2)42-65-54-53(63)51(61)49(59)46(69-54)43-66-55-52(62)50(60)48(58)45(40-56)68-55/h5,7-8,10-11,13-14,16-18,20-21,23-24,44-46,48-56,58-63H,3-4,6,9,12,15,19,22,25-43H2,1-2H3/b7-5-,10-8-,13-11-,16-14-,18-17-,21-20-,24-23-. The number of aliphatic hydroxyl groups is 7. The maximum Gasteiger partial charge on any atom is 0.306 e. The van der Waals surface area contributed by atoms with Crippen LogP contribution in [0.1, 0.15) is 155 Å². The molecule has 0 aromatic carbocycles. The normalized spacial score (nSPS) is 26.4. The Morgan fingerprint density at radius 3 is 1.48 bits per heavy atom. The summed E-state index contributed by atoms with van der Waals surface area (Å²) >= 11 is 0. The summed E-state index contributed by atoms with van der Waals surface area (Å²) in [6.45, 7) is 3.43. The van der Waals surface area contributed by atoms with E-state index in [0.717, 1.165) is 122 Å². The van der Waals surface area contributed by atoms with Gasteiger partial charge in [-0.15, -0.1) is 0 Å². The zero-order chi connectivity index (χ0) is 50.2. The van der Waals surface area contributed by atoms with Crippen LogP contribution in [0.25, 0.3) is 0 Å². The number of aliphatic hydroxyl groups excluding tert-OH is 7. The van der Waals surface area contributed by atoms with Crippen LogP contribution in [0.5, 0.6) is 0 Å². The third-order valence-corrected chi connectivity index (χ3v) is 11.9. The fourth-order valence-electron chi connectivity index (χ4n) is 7.64. The molecule has 2 heterocycles. The van der Waals surface area contributed by atoms with Gasteiger partial charge in [-0.2, -0.15) is 0 Å². The van der Waals surface area contributed by atoms with Crippen molar-refractivity contribution in [2.24, 2.45) is 0 Å². The van der Waals surface area contributed by atoms with Crippen LogP contribution in [-0.4, -0.2) is 142 Å². The molecule has 2 aliphatic heterocycles. The molecule has 0 spiro atoms. The van der Waals surface area contributed by atoms with Gasteiger partial charge in [-0.25, -0.2) is 0 Å². The van der Waals surface area contributed by atoms with Gasteiger partial charge in [0.15, 0.2) is 12.6 Å². The quantitative estimate of drug-likeness (QED) is 0.0176. The van der Waals surface area contributed by atoms with E-state index in [1.54, 1.807) is 0 Å². The van der Waals surface area contributed by atoms with Crippen LogP contribution in [0.2, 0.25) is 0 Å². The molecule has 0 saturated carbocycles. The number of unbranched alkanes of at least 4 members (excludes halogenated alkanes) is 12. The SMILES string of the molecule is CC/C=C\C/C=C\C/C=C\C/C=C\C/C=C\CCCCCCCCOCC(COC1OC(COC2OC(CO)C(O)C(O)C2O)C(O)C(O)C1O)OC(=O)CCCCCCC/C=C\C/C=C\CCC. The van der Waals surface area contributed by atoms with E-state index in [9.17, 15) is 40.5 Å². The van der Waals surface area contributed by atoms with Gasteiger partial charge in [0, 0.05) is 13.0 Å². The Morgan fingerprint density at radius 1 is 0.493 bits per heavy atom. The lowest BCUT2D eigenvalue weighted by atomic mass is 9.98. The van der Waals surface area contributed by atoms with Crippen molar-refractivity contribution in [2.75, 3.05) is 33.0 Å². The average Bonchev–Trinajstić information content (AvgIpc) is 3.35. The lowest BCUT2D eigenvalue weighted by Crippen LogP contribution is -2.61. The molecule has 0 bridgehead atoms. The molecule has 396 valence electrons. The Labute approximate surface area is 414 Å². The average molecular weight is 977 g/mol. The third-order valence-electron chi connectivity index (χ3n) is 11.9. The zero-order valence-corrected chi connectivity index (χ0v) is 42.0. The van der Waals surface area contributed by atoms with Gasteiger partial charge in [0.05, 0.1) is 26.4 Å². The van der Waals surface area contributed by atoms with Gasteiger partial charge in [0.2, 0.25) is 0 Å². The molecular formula is C55H92O14. The smallest absolute Gasteiger partial charge is 0.306 e. The topological polar surface area (TPSA) is 214 Å². The molecule has 2 aliphatic rings. The fraction of sp³-hybridized carbons (Fsp3) is 0.727. The summed E-state index contributed by atoms with van der Waals surface area (Å²) in [5.74, 6) is -0.401. The molecule has 0 aromatic heterocycles. The van der Waals surface area contributed by atoms with Crippen molar-refractivity contribution in [3.8, 4) is 0 Å². The molecule has 7 N–H and O–H groups in total. The van der Waals surface area contributed by atoms with Crippen molar-refractivity contribution < 1.29 is 69.0 Å². The van der Waals surface area contributed by atoms with Crippen molar-refractivity contribution in [1.29, 1.82) is 0 Å². The Balaban J connectivity index is 1.76. The first-order valence-corrected chi connectivity index (χ1v) is 26.2. The Morgan fingerprint density at radius 2 is 0.942 bits per heavy atom. The number of esters is 1. The maximum absolute atomic E-state index is 13.0. The molecule has 14 heteroatoms. The van der Waals surface area contributed by atoms with Crippen LogP contribution in [0.4, 0.5) is 0 Å². The zero-order valence-electron chi connectivity index (χ0n) is 42.0.